The van der Waals surface area contributed by atoms with Crippen molar-refractivity contribution < 1.29 is 14.3 Å². The topological polar surface area (TPSA) is 60.3 Å². The predicted octanol–water partition coefficient (Wildman–Crippen LogP) is 2.64. The van der Waals surface area contributed by atoms with Crippen molar-refractivity contribution in [3.63, 3.8) is 0 Å². The molecule has 1 atom stereocenters. The molecule has 0 spiro atoms. The summed E-state index contributed by atoms with van der Waals surface area (Å²) < 4.78 is 6.54. The molecule has 0 amide bonds. The number of methoxy groups -OCH3 is 1. The second kappa shape index (κ2) is 7.58. The number of Topliss-reactive ketones (excluding diaryl/α,β-unsaturated/α-hetero) is 1. The van der Waals surface area contributed by atoms with Gasteiger partial charge in [-0.15, -0.1) is 0 Å². The zero-order valence-electron chi connectivity index (χ0n) is 14.7. The highest BCUT2D eigenvalue weighted by molar-refractivity contribution is 6.05. The van der Waals surface area contributed by atoms with Crippen LogP contribution < -0.4 is 5.32 Å². The zero-order valence-corrected chi connectivity index (χ0v) is 14.7. The average molecular weight is 308 g/mol. The van der Waals surface area contributed by atoms with Crippen molar-refractivity contribution in [3.05, 3.63) is 22.5 Å². The van der Waals surface area contributed by atoms with E-state index in [-0.39, 0.29) is 11.8 Å². The largest absolute Gasteiger partial charge is 0.464 e. The van der Waals surface area contributed by atoms with Crippen LogP contribution in [0.15, 0.2) is 0 Å². The lowest BCUT2D eigenvalue weighted by molar-refractivity contribution is 0.0588. The van der Waals surface area contributed by atoms with Crippen molar-refractivity contribution >= 4 is 11.8 Å². The minimum atomic E-state index is -0.414. The number of esters is 1. The molecule has 1 aromatic heterocycles. The monoisotopic (exact) mass is 308 g/mol. The molecule has 0 fully saturated rings. The first-order chi connectivity index (χ1) is 10.2. The average Bonchev–Trinajstić information content (AvgIpc) is 2.67. The van der Waals surface area contributed by atoms with Crippen LogP contribution in [0.2, 0.25) is 0 Å². The van der Waals surface area contributed by atoms with Gasteiger partial charge in [0.05, 0.1) is 13.2 Å². The molecule has 1 rings (SSSR count). The molecule has 0 bridgehead atoms. The Kier molecular flexibility index (Phi) is 6.35. The van der Waals surface area contributed by atoms with Crippen LogP contribution in [0.3, 0.4) is 0 Å². The molecular weight excluding hydrogens is 280 g/mol. The van der Waals surface area contributed by atoms with Crippen molar-refractivity contribution in [1.29, 1.82) is 0 Å². The number of nitrogens with zero attached hydrogens (tertiary/aromatic N) is 1. The highest BCUT2D eigenvalue weighted by Crippen LogP contribution is 2.23. The van der Waals surface area contributed by atoms with E-state index in [1.165, 1.54) is 7.11 Å². The minimum Gasteiger partial charge on any atom is -0.464 e. The van der Waals surface area contributed by atoms with E-state index in [2.05, 4.69) is 19.2 Å². The van der Waals surface area contributed by atoms with Crippen LogP contribution in [0, 0.1) is 19.8 Å². The van der Waals surface area contributed by atoms with Gasteiger partial charge >= 0.3 is 5.97 Å². The number of ketones is 1. The molecule has 0 aromatic carbocycles. The van der Waals surface area contributed by atoms with Crippen LogP contribution in [0.4, 0.5) is 0 Å². The lowest BCUT2D eigenvalue weighted by atomic mass is 10.0. The van der Waals surface area contributed by atoms with Crippen molar-refractivity contribution in [3.8, 4) is 0 Å². The summed E-state index contributed by atoms with van der Waals surface area (Å²) in [5.74, 6) is 0.202. The van der Waals surface area contributed by atoms with Crippen molar-refractivity contribution in [2.75, 3.05) is 13.7 Å². The Labute approximate surface area is 133 Å². The van der Waals surface area contributed by atoms with Gasteiger partial charge < -0.3 is 14.6 Å². The highest BCUT2D eigenvalue weighted by Gasteiger charge is 2.27. The first kappa shape index (κ1) is 18.4. The van der Waals surface area contributed by atoms with E-state index in [0.29, 0.717) is 22.7 Å². The van der Waals surface area contributed by atoms with Crippen LogP contribution in [0.5, 0.6) is 0 Å². The molecule has 1 heterocycles. The Balaban J connectivity index is 3.01. The lowest BCUT2D eigenvalue weighted by Crippen LogP contribution is -2.35. The van der Waals surface area contributed by atoms with Gasteiger partial charge in [0.1, 0.15) is 5.69 Å². The van der Waals surface area contributed by atoms with Gasteiger partial charge in [0.15, 0.2) is 5.78 Å². The Bertz CT molecular complexity index is 559. The maximum Gasteiger partial charge on any atom is 0.354 e. The molecule has 1 N–H and O–H groups in total. The number of carbonyl (C=O) groups excluding carboxylic acids is 2. The van der Waals surface area contributed by atoms with Crippen LogP contribution in [-0.4, -0.2) is 36.0 Å². The molecule has 1 aromatic rings. The molecule has 0 aliphatic carbocycles. The second-order valence-electron chi connectivity index (χ2n) is 6.21. The number of ether oxygens (including phenoxy) is 1. The van der Waals surface area contributed by atoms with Gasteiger partial charge in [-0.25, -0.2) is 4.79 Å². The summed E-state index contributed by atoms with van der Waals surface area (Å²) in [4.78, 5) is 24.6. The molecular formula is C17H28N2O3. The second-order valence-corrected chi connectivity index (χ2v) is 6.21. The zero-order chi connectivity index (χ0) is 17.0. The van der Waals surface area contributed by atoms with E-state index >= 15 is 0 Å². The summed E-state index contributed by atoms with van der Waals surface area (Å²) in [7, 11) is 3.13. The van der Waals surface area contributed by atoms with Gasteiger partial charge in [-0.2, -0.15) is 0 Å². The number of nitrogens with one attached hydrogen (secondary N) is 1. The van der Waals surface area contributed by atoms with Gasteiger partial charge in [-0.05, 0) is 45.2 Å². The van der Waals surface area contributed by atoms with E-state index < -0.39 is 5.97 Å². The quantitative estimate of drug-likeness (QED) is 0.621. The summed E-state index contributed by atoms with van der Waals surface area (Å²) in [6.07, 6.45) is 1.03. The van der Waals surface area contributed by atoms with Crippen molar-refractivity contribution in [2.24, 2.45) is 13.0 Å². The Morgan fingerprint density at radius 1 is 1.23 bits per heavy atom. The third-order valence-corrected chi connectivity index (χ3v) is 4.12. The first-order valence-electron chi connectivity index (χ1n) is 7.74. The minimum absolute atomic E-state index is 0.0181. The molecule has 0 saturated carbocycles. The van der Waals surface area contributed by atoms with Crippen LogP contribution in [0.25, 0.3) is 0 Å². The van der Waals surface area contributed by atoms with Crippen LogP contribution >= 0.6 is 0 Å². The third kappa shape index (κ3) is 3.77. The fraction of sp³-hybridized carbons (Fsp3) is 0.647. The van der Waals surface area contributed by atoms with Gasteiger partial charge in [0.25, 0.3) is 0 Å². The Hall–Kier alpha value is -1.62. The molecule has 1 unspecified atom stereocenters. The van der Waals surface area contributed by atoms with E-state index in [1.807, 2.05) is 13.8 Å². The number of hydrogen-bond donors (Lipinski definition) is 1. The van der Waals surface area contributed by atoms with E-state index in [9.17, 15) is 9.59 Å². The molecule has 0 radical (unpaired) electrons. The molecule has 5 nitrogen and oxygen atoms in total. The fourth-order valence-electron chi connectivity index (χ4n) is 2.62. The normalized spacial score (nSPS) is 12.5. The summed E-state index contributed by atoms with van der Waals surface area (Å²) in [6, 6.07) is -0.274. The third-order valence-electron chi connectivity index (χ3n) is 4.12. The first-order valence-corrected chi connectivity index (χ1v) is 7.74. The maximum atomic E-state index is 12.7. The summed E-state index contributed by atoms with van der Waals surface area (Å²) in [5, 5.41) is 3.26. The number of rotatable bonds is 7. The van der Waals surface area contributed by atoms with Crippen molar-refractivity contribution in [2.45, 2.75) is 47.1 Å². The Morgan fingerprint density at radius 2 is 1.82 bits per heavy atom. The highest BCUT2D eigenvalue weighted by atomic mass is 16.5. The Morgan fingerprint density at radius 3 is 2.32 bits per heavy atom. The standard InChI is InChI=1S/C17H28N2O3/c1-10(2)8-9-18-12(4)16(20)14-11(3)15(17(21)22-7)19(6)13(14)5/h10,12,18H,8-9H2,1-7H3. The fourth-order valence-corrected chi connectivity index (χ4v) is 2.62. The number of carbonyl (C=O) groups is 2. The number of aromatic nitrogens is 1. The number of hydrogen-bond acceptors (Lipinski definition) is 4. The van der Waals surface area contributed by atoms with Gasteiger partial charge in [0.2, 0.25) is 0 Å². The van der Waals surface area contributed by atoms with E-state index in [0.717, 1.165) is 18.7 Å². The molecule has 0 aliphatic heterocycles. The molecule has 0 saturated heterocycles. The molecule has 22 heavy (non-hydrogen) atoms. The van der Waals surface area contributed by atoms with Gasteiger partial charge in [-0.3, -0.25) is 4.79 Å². The summed E-state index contributed by atoms with van der Waals surface area (Å²) in [5.41, 5.74) is 2.54. The summed E-state index contributed by atoms with van der Waals surface area (Å²) >= 11 is 0. The van der Waals surface area contributed by atoms with Gasteiger partial charge in [0, 0.05) is 18.3 Å². The van der Waals surface area contributed by atoms with Crippen molar-refractivity contribution in [1.82, 2.24) is 9.88 Å². The predicted molar refractivity (Wildman–Crippen MR) is 87.5 cm³/mol. The van der Waals surface area contributed by atoms with E-state index in [1.54, 1.807) is 18.5 Å². The lowest BCUT2D eigenvalue weighted by Gasteiger charge is -2.14. The maximum absolute atomic E-state index is 12.7. The molecule has 5 heteroatoms. The van der Waals surface area contributed by atoms with Gasteiger partial charge in [-0.1, -0.05) is 13.8 Å². The smallest absolute Gasteiger partial charge is 0.354 e. The van der Waals surface area contributed by atoms with E-state index in [4.69, 9.17) is 4.74 Å². The molecule has 0 aliphatic rings. The summed E-state index contributed by atoms with van der Waals surface area (Å²) in [6.45, 7) is 10.6. The molecule has 124 valence electrons. The SMILES string of the molecule is COC(=O)c1c(C)c(C(=O)C(C)NCCC(C)C)c(C)n1C. The van der Waals surface area contributed by atoms with Crippen LogP contribution in [-0.2, 0) is 11.8 Å². The van der Waals surface area contributed by atoms with Crippen LogP contribution in [0.1, 0.15) is 59.3 Å².